The quantitative estimate of drug-likeness (QED) is 0.729. The minimum Gasteiger partial charge on any atom is -0.400 e. The smallest absolute Gasteiger partial charge is 0.143 e. The van der Waals surface area contributed by atoms with Crippen LogP contribution in [0.25, 0.3) is 16.5 Å². The average molecular weight is 327 g/mol. The summed E-state index contributed by atoms with van der Waals surface area (Å²) in [5.74, 6) is -0.383. The highest BCUT2D eigenvalue weighted by Crippen LogP contribution is 2.31. The number of aromatic amines is 1. The first-order chi connectivity index (χ1) is 10.7. The molecule has 2 aromatic rings. The van der Waals surface area contributed by atoms with Gasteiger partial charge in [-0.2, -0.15) is 0 Å². The number of aliphatic hydroxyl groups excluding tert-OH is 1. The summed E-state index contributed by atoms with van der Waals surface area (Å²) in [7, 11) is 1.00. The van der Waals surface area contributed by atoms with E-state index < -0.39 is 0 Å². The van der Waals surface area contributed by atoms with E-state index in [2.05, 4.69) is 30.2 Å². The molecule has 3 N–H and O–H groups in total. The van der Waals surface area contributed by atoms with E-state index in [0.717, 1.165) is 43.1 Å². The SMILES string of the molecule is CCC.CO.Fc1cc2[nH]cc(C3=CCNCC3)c2cc1Cl. The lowest BCUT2D eigenvalue weighted by molar-refractivity contribution is 0.399. The van der Waals surface area contributed by atoms with Crippen molar-refractivity contribution in [3.8, 4) is 0 Å². The van der Waals surface area contributed by atoms with Crippen LogP contribution in [0.1, 0.15) is 32.3 Å². The third kappa shape index (κ3) is 4.57. The number of rotatable bonds is 1. The van der Waals surface area contributed by atoms with Crippen molar-refractivity contribution in [2.45, 2.75) is 26.7 Å². The summed E-state index contributed by atoms with van der Waals surface area (Å²) in [5.41, 5.74) is 3.21. The number of halogens is 2. The Morgan fingerprint density at radius 1 is 1.27 bits per heavy atom. The highest BCUT2D eigenvalue weighted by molar-refractivity contribution is 6.31. The molecule has 3 nitrogen and oxygen atoms in total. The number of nitrogens with one attached hydrogen (secondary N) is 2. The number of aliphatic hydroxyl groups is 1. The third-order valence-electron chi connectivity index (χ3n) is 3.13. The van der Waals surface area contributed by atoms with Gasteiger partial charge in [0, 0.05) is 36.3 Å². The van der Waals surface area contributed by atoms with Crippen molar-refractivity contribution in [3.05, 3.63) is 40.8 Å². The molecule has 0 fully saturated rings. The second-order valence-corrected chi connectivity index (χ2v) is 5.31. The van der Waals surface area contributed by atoms with Gasteiger partial charge in [-0.25, -0.2) is 4.39 Å². The molecule has 0 bridgehead atoms. The van der Waals surface area contributed by atoms with Crippen LogP contribution in [0.5, 0.6) is 0 Å². The molecule has 1 aliphatic rings. The molecule has 22 heavy (non-hydrogen) atoms. The largest absolute Gasteiger partial charge is 0.400 e. The molecule has 0 saturated carbocycles. The summed E-state index contributed by atoms with van der Waals surface area (Å²) in [6.07, 6.45) is 6.34. The van der Waals surface area contributed by atoms with Crippen LogP contribution in [-0.4, -0.2) is 30.3 Å². The lowest BCUT2D eigenvalue weighted by Crippen LogP contribution is -2.19. The predicted molar refractivity (Wildman–Crippen MR) is 92.8 cm³/mol. The Hall–Kier alpha value is -1.36. The Morgan fingerprint density at radius 2 is 1.95 bits per heavy atom. The Kier molecular flexibility index (Phi) is 8.17. The molecule has 2 heterocycles. The Bertz CT molecular complexity index is 622. The summed E-state index contributed by atoms with van der Waals surface area (Å²) >= 11 is 5.83. The van der Waals surface area contributed by atoms with Crippen molar-refractivity contribution < 1.29 is 9.50 Å². The first-order valence-electron chi connectivity index (χ1n) is 7.48. The molecule has 0 saturated heterocycles. The van der Waals surface area contributed by atoms with Crippen molar-refractivity contribution in [1.29, 1.82) is 0 Å². The second kappa shape index (κ2) is 9.62. The molecule has 1 aromatic heterocycles. The summed E-state index contributed by atoms with van der Waals surface area (Å²) in [4.78, 5) is 3.09. The van der Waals surface area contributed by atoms with Gasteiger partial charge in [0.2, 0.25) is 0 Å². The maximum Gasteiger partial charge on any atom is 0.143 e. The van der Waals surface area contributed by atoms with Crippen LogP contribution in [0.2, 0.25) is 5.02 Å². The molecule has 0 unspecified atom stereocenters. The van der Waals surface area contributed by atoms with Gasteiger partial charge >= 0.3 is 0 Å². The number of hydrogen-bond acceptors (Lipinski definition) is 2. The van der Waals surface area contributed by atoms with Gasteiger partial charge in [0.05, 0.1) is 5.02 Å². The van der Waals surface area contributed by atoms with Crippen LogP contribution in [0, 0.1) is 5.82 Å². The zero-order chi connectivity index (χ0) is 16.5. The minimum atomic E-state index is -0.383. The van der Waals surface area contributed by atoms with Crippen LogP contribution in [0.4, 0.5) is 4.39 Å². The van der Waals surface area contributed by atoms with Crippen LogP contribution >= 0.6 is 11.6 Å². The van der Waals surface area contributed by atoms with E-state index in [0.29, 0.717) is 0 Å². The van der Waals surface area contributed by atoms with E-state index in [4.69, 9.17) is 16.7 Å². The first-order valence-corrected chi connectivity index (χ1v) is 7.86. The van der Waals surface area contributed by atoms with Crippen molar-refractivity contribution in [2.75, 3.05) is 20.2 Å². The lowest BCUT2D eigenvalue weighted by Gasteiger charge is -2.13. The number of hydrogen-bond donors (Lipinski definition) is 3. The fourth-order valence-corrected chi connectivity index (χ4v) is 2.41. The predicted octanol–water partition coefficient (Wildman–Crippen LogP) is 4.36. The first kappa shape index (κ1) is 18.7. The van der Waals surface area contributed by atoms with Gasteiger partial charge in [-0.1, -0.05) is 37.9 Å². The third-order valence-corrected chi connectivity index (χ3v) is 3.42. The maximum absolute atomic E-state index is 13.3. The molecule has 0 atom stereocenters. The van der Waals surface area contributed by atoms with Gasteiger partial charge in [0.25, 0.3) is 0 Å². The number of benzene rings is 1. The number of fused-ring (bicyclic) bond motifs is 1. The summed E-state index contributed by atoms with van der Waals surface area (Å²) in [6.45, 7) is 6.12. The van der Waals surface area contributed by atoms with Gasteiger partial charge in [-0.15, -0.1) is 0 Å². The molecule has 122 valence electrons. The molecule has 0 amide bonds. The molecule has 0 spiro atoms. The molecule has 1 aromatic carbocycles. The highest BCUT2D eigenvalue weighted by atomic mass is 35.5. The molecule has 0 radical (unpaired) electrons. The Morgan fingerprint density at radius 3 is 2.55 bits per heavy atom. The van der Waals surface area contributed by atoms with Gasteiger partial charge < -0.3 is 15.4 Å². The van der Waals surface area contributed by atoms with Crippen LogP contribution < -0.4 is 5.32 Å². The second-order valence-electron chi connectivity index (χ2n) is 4.90. The van der Waals surface area contributed by atoms with E-state index in [-0.39, 0.29) is 10.8 Å². The molecular formula is C17H24ClFN2O. The Labute approximate surface area is 136 Å². The van der Waals surface area contributed by atoms with Crippen molar-refractivity contribution in [2.24, 2.45) is 0 Å². The van der Waals surface area contributed by atoms with E-state index in [1.807, 2.05) is 6.20 Å². The molecule has 3 rings (SSSR count). The van der Waals surface area contributed by atoms with Crippen LogP contribution in [0.3, 0.4) is 0 Å². The minimum absolute atomic E-state index is 0.174. The zero-order valence-corrected chi connectivity index (χ0v) is 14.1. The Balaban J connectivity index is 0.000000435. The lowest BCUT2D eigenvalue weighted by atomic mass is 10.00. The van der Waals surface area contributed by atoms with Gasteiger partial charge in [0.1, 0.15) is 5.82 Å². The van der Waals surface area contributed by atoms with E-state index >= 15 is 0 Å². The summed E-state index contributed by atoms with van der Waals surface area (Å²) < 4.78 is 13.3. The zero-order valence-electron chi connectivity index (χ0n) is 13.3. The summed E-state index contributed by atoms with van der Waals surface area (Å²) in [6, 6.07) is 3.14. The van der Waals surface area contributed by atoms with Gasteiger partial charge in [0.15, 0.2) is 0 Å². The number of H-pyrrole nitrogens is 1. The maximum atomic E-state index is 13.3. The van der Waals surface area contributed by atoms with Gasteiger partial charge in [-0.05, 0) is 30.7 Å². The van der Waals surface area contributed by atoms with E-state index in [9.17, 15) is 4.39 Å². The van der Waals surface area contributed by atoms with Crippen LogP contribution in [-0.2, 0) is 0 Å². The van der Waals surface area contributed by atoms with Crippen molar-refractivity contribution in [1.82, 2.24) is 10.3 Å². The normalized spacial score (nSPS) is 13.6. The van der Waals surface area contributed by atoms with E-state index in [1.165, 1.54) is 18.1 Å². The van der Waals surface area contributed by atoms with E-state index in [1.54, 1.807) is 6.07 Å². The van der Waals surface area contributed by atoms with Crippen molar-refractivity contribution >= 4 is 28.1 Å². The molecule has 1 aliphatic heterocycles. The highest BCUT2D eigenvalue weighted by Gasteiger charge is 2.12. The molecule has 0 aliphatic carbocycles. The monoisotopic (exact) mass is 326 g/mol. The fourth-order valence-electron chi connectivity index (χ4n) is 2.25. The van der Waals surface area contributed by atoms with Crippen molar-refractivity contribution in [3.63, 3.8) is 0 Å². The fraction of sp³-hybridized carbons (Fsp3) is 0.412. The average Bonchev–Trinajstić information content (AvgIpc) is 2.94. The van der Waals surface area contributed by atoms with Crippen LogP contribution in [0.15, 0.2) is 24.4 Å². The number of aromatic nitrogens is 1. The summed E-state index contributed by atoms with van der Waals surface area (Å²) in [5, 5.41) is 11.4. The molecular weight excluding hydrogens is 303 g/mol. The van der Waals surface area contributed by atoms with Gasteiger partial charge in [-0.3, -0.25) is 0 Å². The topological polar surface area (TPSA) is 48.0 Å². The molecule has 5 heteroatoms. The standard InChI is InChI=1S/C13H12ClFN2.C3H8.CH4O/c14-11-5-9-10(8-1-3-16-4-2-8)7-17-13(9)6-12(11)15;1-3-2;1-2/h1,5-7,16-17H,2-4H2;3H2,1-2H3;2H,1H3.